The average molecular weight is 441 g/mol. The van der Waals surface area contributed by atoms with E-state index in [1.807, 2.05) is 26.2 Å². The Bertz CT molecular complexity index is 1000. The first-order valence-corrected chi connectivity index (χ1v) is 10.7. The summed E-state index contributed by atoms with van der Waals surface area (Å²) in [5.74, 6) is -0.282. The molecule has 0 unspecified atom stereocenters. The number of aryl methyl sites for hydroxylation is 1. The lowest BCUT2D eigenvalue weighted by atomic mass is 10.1. The zero-order valence-electron chi connectivity index (χ0n) is 17.1. The summed E-state index contributed by atoms with van der Waals surface area (Å²) in [6.45, 7) is 2.86. The number of hydrogen-bond acceptors (Lipinski definition) is 6. The third-order valence-electron chi connectivity index (χ3n) is 4.44. The number of carbonyl (C=O) groups is 1. The number of aromatic nitrogens is 2. The van der Waals surface area contributed by atoms with Crippen molar-refractivity contribution in [2.24, 2.45) is 0 Å². The summed E-state index contributed by atoms with van der Waals surface area (Å²) in [5.41, 5.74) is 5.58. The first kappa shape index (κ1) is 21.7. The molecule has 2 aromatic carbocycles. The minimum Gasteiger partial charge on any atom is -0.377 e. The third-order valence-corrected chi connectivity index (χ3v) is 5.19. The van der Waals surface area contributed by atoms with Crippen molar-refractivity contribution in [3.8, 4) is 0 Å². The lowest BCUT2D eigenvalue weighted by Crippen LogP contribution is -2.30. The van der Waals surface area contributed by atoms with E-state index < -0.39 is 0 Å². The van der Waals surface area contributed by atoms with Crippen LogP contribution in [-0.2, 0) is 6.42 Å². The Morgan fingerprint density at radius 2 is 1.80 bits per heavy atom. The maximum Gasteiger partial charge on any atom is 0.277 e. The van der Waals surface area contributed by atoms with E-state index in [1.165, 1.54) is 16.8 Å². The molecule has 0 aliphatic rings. The average Bonchev–Trinajstić information content (AvgIpc) is 3.24. The Kier molecular flexibility index (Phi) is 7.31. The molecule has 0 radical (unpaired) electrons. The van der Waals surface area contributed by atoms with Crippen molar-refractivity contribution in [2.75, 3.05) is 36.2 Å². The number of benzene rings is 2. The zero-order chi connectivity index (χ0) is 21.5. The predicted molar refractivity (Wildman–Crippen MR) is 128 cm³/mol. The number of hydrogen-bond donors (Lipinski definition) is 3. The van der Waals surface area contributed by atoms with Crippen molar-refractivity contribution in [1.29, 1.82) is 0 Å². The molecule has 1 amide bonds. The van der Waals surface area contributed by atoms with Crippen LogP contribution >= 0.6 is 23.8 Å². The highest BCUT2D eigenvalue weighted by Crippen LogP contribution is 2.19. The molecule has 0 spiro atoms. The standard InChI is InChI=1S/C21H24N6OS2/c1-14-12-15(4-9-19(14)27(2)3)10-11-22-21(29)24-17-7-5-16(6-8-17)23-20(28)18-13-30-26-25-18/h4-9,12-13H,10-11H2,1-3H3,(H,23,28)(H2,22,24,29). The van der Waals surface area contributed by atoms with E-state index in [4.69, 9.17) is 12.2 Å². The van der Waals surface area contributed by atoms with Gasteiger partial charge in [0.1, 0.15) is 0 Å². The molecule has 7 nitrogen and oxygen atoms in total. The second-order valence-corrected chi connectivity index (χ2v) is 7.99. The van der Waals surface area contributed by atoms with Gasteiger partial charge in [-0.3, -0.25) is 4.79 Å². The lowest BCUT2D eigenvalue weighted by Gasteiger charge is -2.16. The SMILES string of the molecule is Cc1cc(CCNC(=S)Nc2ccc(NC(=O)c3csnn3)cc2)ccc1N(C)C. The van der Waals surface area contributed by atoms with Crippen LogP contribution < -0.4 is 20.9 Å². The van der Waals surface area contributed by atoms with Gasteiger partial charge < -0.3 is 20.9 Å². The molecule has 0 fully saturated rings. The summed E-state index contributed by atoms with van der Waals surface area (Å²) in [4.78, 5) is 14.1. The number of thiocarbonyl (C=S) groups is 1. The molecule has 1 aromatic heterocycles. The minimum atomic E-state index is -0.282. The second-order valence-electron chi connectivity index (χ2n) is 6.97. The molecule has 0 aliphatic carbocycles. The van der Waals surface area contributed by atoms with Crippen LogP contribution in [0.3, 0.4) is 0 Å². The fraction of sp³-hybridized carbons (Fsp3) is 0.238. The number of anilines is 3. The van der Waals surface area contributed by atoms with E-state index >= 15 is 0 Å². The summed E-state index contributed by atoms with van der Waals surface area (Å²) in [6, 6.07) is 13.8. The molecule has 0 aliphatic heterocycles. The maximum absolute atomic E-state index is 12.0. The molecular weight excluding hydrogens is 416 g/mol. The first-order valence-electron chi connectivity index (χ1n) is 9.42. The maximum atomic E-state index is 12.0. The van der Waals surface area contributed by atoms with E-state index in [0.29, 0.717) is 16.5 Å². The Balaban J connectivity index is 1.44. The third kappa shape index (κ3) is 5.98. The van der Waals surface area contributed by atoms with Gasteiger partial charge in [-0.25, -0.2) is 0 Å². The van der Waals surface area contributed by atoms with Crippen LogP contribution in [0.5, 0.6) is 0 Å². The molecule has 3 rings (SSSR count). The highest BCUT2D eigenvalue weighted by Gasteiger charge is 2.09. The fourth-order valence-electron chi connectivity index (χ4n) is 2.97. The van der Waals surface area contributed by atoms with Crippen LogP contribution in [0.1, 0.15) is 21.6 Å². The largest absolute Gasteiger partial charge is 0.377 e. The van der Waals surface area contributed by atoms with Gasteiger partial charge in [0, 0.05) is 43.1 Å². The molecule has 9 heteroatoms. The van der Waals surface area contributed by atoms with Crippen molar-refractivity contribution in [3.05, 3.63) is 64.7 Å². The van der Waals surface area contributed by atoms with E-state index in [9.17, 15) is 4.79 Å². The van der Waals surface area contributed by atoms with Gasteiger partial charge in [0.2, 0.25) is 0 Å². The molecular formula is C21H24N6OS2. The first-order chi connectivity index (χ1) is 14.4. The Morgan fingerprint density at radius 1 is 1.10 bits per heavy atom. The smallest absolute Gasteiger partial charge is 0.277 e. The summed E-state index contributed by atoms with van der Waals surface area (Å²) >= 11 is 6.52. The zero-order valence-corrected chi connectivity index (χ0v) is 18.7. The number of amides is 1. The van der Waals surface area contributed by atoms with Crippen LogP contribution in [0.4, 0.5) is 17.1 Å². The van der Waals surface area contributed by atoms with Crippen molar-refractivity contribution >= 4 is 51.8 Å². The van der Waals surface area contributed by atoms with Gasteiger partial charge in [-0.1, -0.05) is 16.6 Å². The van der Waals surface area contributed by atoms with Crippen LogP contribution in [0, 0.1) is 6.92 Å². The van der Waals surface area contributed by atoms with Gasteiger partial charge >= 0.3 is 0 Å². The molecule has 0 saturated heterocycles. The van der Waals surface area contributed by atoms with E-state index in [0.717, 1.165) is 30.2 Å². The monoisotopic (exact) mass is 440 g/mol. The van der Waals surface area contributed by atoms with Crippen LogP contribution in [0.2, 0.25) is 0 Å². The topological polar surface area (TPSA) is 82.2 Å². The van der Waals surface area contributed by atoms with Gasteiger partial charge in [0.05, 0.1) is 0 Å². The lowest BCUT2D eigenvalue weighted by molar-refractivity contribution is 0.102. The molecule has 156 valence electrons. The highest BCUT2D eigenvalue weighted by molar-refractivity contribution is 7.80. The normalized spacial score (nSPS) is 10.4. The molecule has 3 aromatic rings. The molecule has 30 heavy (non-hydrogen) atoms. The van der Waals surface area contributed by atoms with Crippen molar-refractivity contribution in [1.82, 2.24) is 14.9 Å². The molecule has 1 heterocycles. The van der Waals surface area contributed by atoms with Gasteiger partial charge in [-0.2, -0.15) is 0 Å². The highest BCUT2D eigenvalue weighted by atomic mass is 32.1. The molecule has 0 atom stereocenters. The predicted octanol–water partition coefficient (Wildman–Crippen LogP) is 3.69. The fourth-order valence-corrected chi connectivity index (χ4v) is 3.62. The summed E-state index contributed by atoms with van der Waals surface area (Å²) in [5, 5.41) is 15.1. The summed E-state index contributed by atoms with van der Waals surface area (Å²) < 4.78 is 3.69. The van der Waals surface area contributed by atoms with E-state index in [1.54, 1.807) is 17.5 Å². The van der Waals surface area contributed by atoms with Crippen LogP contribution in [0.15, 0.2) is 47.8 Å². The van der Waals surface area contributed by atoms with Gasteiger partial charge in [-0.05, 0) is 78.6 Å². The van der Waals surface area contributed by atoms with Crippen molar-refractivity contribution in [3.63, 3.8) is 0 Å². The van der Waals surface area contributed by atoms with Crippen molar-refractivity contribution in [2.45, 2.75) is 13.3 Å². The van der Waals surface area contributed by atoms with Gasteiger partial charge in [-0.15, -0.1) is 5.10 Å². The summed E-state index contributed by atoms with van der Waals surface area (Å²) in [7, 11) is 4.10. The molecule has 0 bridgehead atoms. The van der Waals surface area contributed by atoms with E-state index in [2.05, 4.69) is 55.6 Å². The molecule has 3 N–H and O–H groups in total. The Morgan fingerprint density at radius 3 is 2.40 bits per heavy atom. The number of carbonyl (C=O) groups excluding carboxylic acids is 1. The van der Waals surface area contributed by atoms with Crippen LogP contribution in [0.25, 0.3) is 0 Å². The summed E-state index contributed by atoms with van der Waals surface area (Å²) in [6.07, 6.45) is 0.882. The number of rotatable bonds is 7. The van der Waals surface area contributed by atoms with E-state index in [-0.39, 0.29) is 5.91 Å². The quantitative estimate of drug-likeness (QED) is 0.483. The Hall–Kier alpha value is -3.04. The van der Waals surface area contributed by atoms with Crippen LogP contribution in [-0.4, -0.2) is 41.2 Å². The Labute approximate surface area is 185 Å². The second kappa shape index (κ2) is 10.1. The minimum absolute atomic E-state index is 0.282. The number of nitrogens with one attached hydrogen (secondary N) is 3. The number of nitrogens with zero attached hydrogens (tertiary/aromatic N) is 3. The van der Waals surface area contributed by atoms with Crippen molar-refractivity contribution < 1.29 is 4.79 Å². The van der Waals surface area contributed by atoms with Gasteiger partial charge in [0.25, 0.3) is 5.91 Å². The van der Waals surface area contributed by atoms with Gasteiger partial charge in [0.15, 0.2) is 10.8 Å². The molecule has 0 saturated carbocycles.